The van der Waals surface area contributed by atoms with Gasteiger partial charge in [-0.15, -0.1) is 0 Å². The monoisotopic (exact) mass is 457 g/mol. The van der Waals surface area contributed by atoms with Crippen LogP contribution in [0.4, 0.5) is 0 Å². The number of benzene rings is 3. The Hall–Kier alpha value is -2.69. The summed E-state index contributed by atoms with van der Waals surface area (Å²) in [5.41, 5.74) is 3.12. The number of hydrogen-bond donors (Lipinski definition) is 1. The van der Waals surface area contributed by atoms with Crippen molar-refractivity contribution in [3.63, 3.8) is 0 Å². The first-order valence-electron chi connectivity index (χ1n) is 9.98. The molecular formula is C25H25Cl2NO3. The highest BCUT2D eigenvalue weighted by Crippen LogP contribution is 2.30. The summed E-state index contributed by atoms with van der Waals surface area (Å²) in [6.07, 6.45) is 1.02. The molecule has 1 N–H and O–H groups in total. The first kappa shape index (κ1) is 23.0. The Balaban J connectivity index is 1.65. The van der Waals surface area contributed by atoms with E-state index in [1.807, 2.05) is 66.7 Å². The van der Waals surface area contributed by atoms with E-state index in [0.29, 0.717) is 40.9 Å². The largest absolute Gasteiger partial charge is 0.493 e. The van der Waals surface area contributed by atoms with Gasteiger partial charge in [-0.25, -0.2) is 0 Å². The molecule has 0 aromatic heterocycles. The molecule has 0 atom stereocenters. The molecule has 0 saturated heterocycles. The first-order valence-corrected chi connectivity index (χ1v) is 10.7. The number of nitrogens with one attached hydrogen (secondary N) is 1. The average molecular weight is 458 g/mol. The number of methoxy groups -OCH3 is 2. The lowest BCUT2D eigenvalue weighted by molar-refractivity contribution is -0.121. The summed E-state index contributed by atoms with van der Waals surface area (Å²) < 4.78 is 10.6. The molecule has 3 aromatic rings. The predicted molar refractivity (Wildman–Crippen MR) is 126 cm³/mol. The minimum absolute atomic E-state index is 0.0182. The van der Waals surface area contributed by atoms with Crippen molar-refractivity contribution >= 4 is 29.1 Å². The van der Waals surface area contributed by atoms with Crippen molar-refractivity contribution in [2.45, 2.75) is 18.8 Å². The quantitative estimate of drug-likeness (QED) is 0.435. The lowest BCUT2D eigenvalue weighted by Crippen LogP contribution is -2.27. The topological polar surface area (TPSA) is 47.6 Å². The number of amides is 1. The SMILES string of the molecule is COc1ccc(CCNC(=O)CC(c2ccc(Cl)cc2)c2ccc(Cl)cc2)cc1OC. The second-order valence-electron chi connectivity index (χ2n) is 7.15. The third-order valence-electron chi connectivity index (χ3n) is 5.12. The van der Waals surface area contributed by atoms with E-state index >= 15 is 0 Å². The van der Waals surface area contributed by atoms with Crippen molar-refractivity contribution in [3.05, 3.63) is 93.5 Å². The molecule has 0 radical (unpaired) electrons. The molecule has 0 spiro atoms. The zero-order chi connectivity index (χ0) is 22.2. The van der Waals surface area contributed by atoms with Crippen LogP contribution in [0.25, 0.3) is 0 Å². The Labute approximate surface area is 193 Å². The molecule has 1 amide bonds. The molecule has 3 aromatic carbocycles. The van der Waals surface area contributed by atoms with Crippen molar-refractivity contribution in [2.75, 3.05) is 20.8 Å². The molecule has 0 bridgehead atoms. The van der Waals surface area contributed by atoms with E-state index in [9.17, 15) is 4.79 Å². The molecule has 0 aliphatic heterocycles. The molecule has 162 valence electrons. The number of rotatable bonds is 9. The second-order valence-corrected chi connectivity index (χ2v) is 8.02. The highest BCUT2D eigenvalue weighted by Gasteiger charge is 2.18. The zero-order valence-corrected chi connectivity index (χ0v) is 19.0. The van der Waals surface area contributed by atoms with Crippen molar-refractivity contribution < 1.29 is 14.3 Å². The van der Waals surface area contributed by atoms with Gasteiger partial charge in [-0.05, 0) is 59.5 Å². The Morgan fingerprint density at radius 1 is 0.839 bits per heavy atom. The molecule has 0 heterocycles. The predicted octanol–water partition coefficient (Wildman–Crippen LogP) is 5.89. The van der Waals surface area contributed by atoms with E-state index in [1.54, 1.807) is 14.2 Å². The maximum atomic E-state index is 12.7. The number of carbonyl (C=O) groups excluding carboxylic acids is 1. The van der Waals surface area contributed by atoms with Gasteiger partial charge < -0.3 is 14.8 Å². The van der Waals surface area contributed by atoms with Crippen LogP contribution in [0.3, 0.4) is 0 Å². The van der Waals surface area contributed by atoms with Crippen LogP contribution in [-0.4, -0.2) is 26.7 Å². The summed E-state index contributed by atoms with van der Waals surface area (Å²) in [5, 5.41) is 4.36. The maximum Gasteiger partial charge on any atom is 0.220 e. The van der Waals surface area contributed by atoms with Crippen molar-refractivity contribution in [1.82, 2.24) is 5.32 Å². The standard InChI is InChI=1S/C25H25Cl2NO3/c1-30-23-12-3-17(15-24(23)31-2)13-14-28-25(29)16-22(18-4-8-20(26)9-5-18)19-6-10-21(27)11-7-19/h3-12,15,22H,13-14,16H2,1-2H3,(H,28,29). The normalized spacial score (nSPS) is 10.7. The van der Waals surface area contributed by atoms with Crippen LogP contribution in [0.1, 0.15) is 29.0 Å². The average Bonchev–Trinajstić information content (AvgIpc) is 2.78. The van der Waals surface area contributed by atoms with E-state index < -0.39 is 0 Å². The second kappa shape index (κ2) is 11.1. The van der Waals surface area contributed by atoms with E-state index in [4.69, 9.17) is 32.7 Å². The summed E-state index contributed by atoms with van der Waals surface area (Å²) in [7, 11) is 3.21. The molecule has 0 aliphatic carbocycles. The van der Waals surface area contributed by atoms with Gasteiger partial charge in [0.1, 0.15) is 0 Å². The molecule has 0 unspecified atom stereocenters. The van der Waals surface area contributed by atoms with Crippen LogP contribution < -0.4 is 14.8 Å². The van der Waals surface area contributed by atoms with Crippen LogP contribution in [0.15, 0.2) is 66.7 Å². The molecule has 4 nitrogen and oxygen atoms in total. The van der Waals surface area contributed by atoms with Crippen LogP contribution in [0.5, 0.6) is 11.5 Å². The van der Waals surface area contributed by atoms with Gasteiger partial charge in [-0.3, -0.25) is 4.79 Å². The van der Waals surface area contributed by atoms with Crippen LogP contribution >= 0.6 is 23.2 Å². The van der Waals surface area contributed by atoms with Crippen LogP contribution in [0.2, 0.25) is 10.0 Å². The Kier molecular flexibility index (Phi) is 8.21. The lowest BCUT2D eigenvalue weighted by Gasteiger charge is -2.18. The summed E-state index contributed by atoms with van der Waals surface area (Å²) in [5.74, 6) is 1.26. The highest BCUT2D eigenvalue weighted by atomic mass is 35.5. The Bertz CT molecular complexity index is 959. The summed E-state index contributed by atoms with van der Waals surface area (Å²) in [4.78, 5) is 12.7. The fraction of sp³-hybridized carbons (Fsp3) is 0.240. The van der Waals surface area contributed by atoms with E-state index in [1.165, 1.54) is 0 Å². The number of halogens is 2. The van der Waals surface area contributed by atoms with Gasteiger partial charge in [-0.2, -0.15) is 0 Å². The Morgan fingerprint density at radius 2 is 1.39 bits per heavy atom. The number of carbonyl (C=O) groups is 1. The Morgan fingerprint density at radius 3 is 1.90 bits per heavy atom. The lowest BCUT2D eigenvalue weighted by atomic mass is 9.88. The zero-order valence-electron chi connectivity index (χ0n) is 17.5. The molecule has 31 heavy (non-hydrogen) atoms. The molecule has 0 saturated carbocycles. The van der Waals surface area contributed by atoms with Gasteiger partial charge in [0, 0.05) is 28.9 Å². The van der Waals surface area contributed by atoms with E-state index in [0.717, 1.165) is 16.7 Å². The summed E-state index contributed by atoms with van der Waals surface area (Å²) in [6, 6.07) is 21.0. The third kappa shape index (κ3) is 6.39. The smallest absolute Gasteiger partial charge is 0.220 e. The molecule has 6 heteroatoms. The van der Waals surface area contributed by atoms with Crippen molar-refractivity contribution in [2.24, 2.45) is 0 Å². The van der Waals surface area contributed by atoms with Crippen molar-refractivity contribution in [3.8, 4) is 11.5 Å². The summed E-state index contributed by atoms with van der Waals surface area (Å²) >= 11 is 12.1. The van der Waals surface area contributed by atoms with Gasteiger partial charge in [0.2, 0.25) is 5.91 Å². The molecule has 3 rings (SSSR count). The fourth-order valence-electron chi connectivity index (χ4n) is 3.46. The van der Waals surface area contributed by atoms with Crippen LogP contribution in [0, 0.1) is 0 Å². The van der Waals surface area contributed by atoms with E-state index in [-0.39, 0.29) is 11.8 Å². The maximum absolute atomic E-state index is 12.7. The number of ether oxygens (including phenoxy) is 2. The van der Waals surface area contributed by atoms with Crippen molar-refractivity contribution in [1.29, 1.82) is 0 Å². The van der Waals surface area contributed by atoms with Gasteiger partial charge in [0.15, 0.2) is 11.5 Å². The highest BCUT2D eigenvalue weighted by molar-refractivity contribution is 6.30. The number of hydrogen-bond acceptors (Lipinski definition) is 3. The fourth-order valence-corrected chi connectivity index (χ4v) is 3.71. The van der Waals surface area contributed by atoms with E-state index in [2.05, 4.69) is 5.32 Å². The van der Waals surface area contributed by atoms with Gasteiger partial charge in [-0.1, -0.05) is 53.5 Å². The molecule has 0 fully saturated rings. The van der Waals surface area contributed by atoms with Gasteiger partial charge in [0.05, 0.1) is 14.2 Å². The molecule has 0 aliphatic rings. The van der Waals surface area contributed by atoms with Gasteiger partial charge >= 0.3 is 0 Å². The van der Waals surface area contributed by atoms with Crippen LogP contribution in [-0.2, 0) is 11.2 Å². The minimum atomic E-state index is -0.0874. The molecular weight excluding hydrogens is 433 g/mol. The summed E-state index contributed by atoms with van der Waals surface area (Å²) in [6.45, 7) is 0.530. The minimum Gasteiger partial charge on any atom is -0.493 e. The first-order chi connectivity index (χ1) is 15.0. The van der Waals surface area contributed by atoms with Gasteiger partial charge in [0.25, 0.3) is 0 Å². The third-order valence-corrected chi connectivity index (χ3v) is 5.62.